The van der Waals surface area contributed by atoms with E-state index in [2.05, 4.69) is 28.2 Å². The van der Waals surface area contributed by atoms with Crippen LogP contribution in [0.4, 0.5) is 10.5 Å². The third-order valence-corrected chi connectivity index (χ3v) is 5.39. The van der Waals surface area contributed by atoms with Crippen molar-refractivity contribution >= 4 is 23.1 Å². The molecule has 0 unspecified atom stereocenters. The zero-order chi connectivity index (χ0) is 17.2. The molecule has 0 saturated carbocycles. The molecule has 128 valence electrons. The van der Waals surface area contributed by atoms with Crippen LogP contribution < -0.4 is 10.1 Å². The Hall–Kier alpha value is -2.73. The number of rotatable bonds is 3. The van der Waals surface area contributed by atoms with Gasteiger partial charge in [-0.15, -0.1) is 11.3 Å². The molecule has 1 aromatic carbocycles. The smallest absolute Gasteiger partial charge is 0.322 e. The summed E-state index contributed by atoms with van der Waals surface area (Å²) in [5.41, 5.74) is 1.82. The van der Waals surface area contributed by atoms with E-state index in [1.165, 1.54) is 0 Å². The van der Waals surface area contributed by atoms with E-state index in [1.54, 1.807) is 18.4 Å². The largest absolute Gasteiger partial charge is 0.495 e. The van der Waals surface area contributed by atoms with E-state index in [-0.39, 0.29) is 12.1 Å². The van der Waals surface area contributed by atoms with Gasteiger partial charge >= 0.3 is 6.03 Å². The van der Waals surface area contributed by atoms with Crippen LogP contribution in [0.1, 0.15) is 16.6 Å². The topological polar surface area (TPSA) is 46.5 Å². The van der Waals surface area contributed by atoms with E-state index in [0.717, 1.165) is 17.1 Å². The first-order chi connectivity index (χ1) is 12.3. The second-order valence-corrected chi connectivity index (χ2v) is 6.85. The second-order valence-electron chi connectivity index (χ2n) is 5.87. The molecule has 0 fully saturated rings. The minimum atomic E-state index is -0.115. The number of carbonyl (C=O) groups is 1. The number of nitrogens with one attached hydrogen (secondary N) is 1. The standard InChI is InChI=1S/C19H19N3O2S/c1-24-16-8-3-2-6-14(16)20-19(23)22-12-11-21-10-4-7-15(21)18(22)17-9-5-13-25-17/h2-10,13,18H,11-12H2,1H3,(H,20,23)/t18-/m0/s1. The van der Waals surface area contributed by atoms with E-state index in [4.69, 9.17) is 4.74 Å². The number of thiophene rings is 1. The van der Waals surface area contributed by atoms with Gasteiger partial charge in [-0.2, -0.15) is 0 Å². The molecule has 0 radical (unpaired) electrons. The Balaban J connectivity index is 1.65. The maximum atomic E-state index is 13.0. The van der Waals surface area contributed by atoms with Crippen molar-refractivity contribution in [2.45, 2.75) is 12.6 Å². The molecule has 3 aromatic rings. The van der Waals surface area contributed by atoms with Gasteiger partial charge in [0, 0.05) is 29.9 Å². The summed E-state index contributed by atoms with van der Waals surface area (Å²) in [5, 5.41) is 5.05. The quantitative estimate of drug-likeness (QED) is 0.767. The molecule has 5 nitrogen and oxygen atoms in total. The maximum Gasteiger partial charge on any atom is 0.322 e. The Morgan fingerprint density at radius 2 is 2.04 bits per heavy atom. The number of urea groups is 1. The van der Waals surface area contributed by atoms with E-state index in [9.17, 15) is 4.79 Å². The van der Waals surface area contributed by atoms with E-state index < -0.39 is 0 Å². The molecule has 0 spiro atoms. The lowest BCUT2D eigenvalue weighted by molar-refractivity contribution is 0.183. The molecular formula is C19H19N3O2S. The van der Waals surface area contributed by atoms with Crippen molar-refractivity contribution in [3.63, 3.8) is 0 Å². The number of anilines is 1. The number of hydrogen-bond acceptors (Lipinski definition) is 3. The summed E-state index contributed by atoms with van der Waals surface area (Å²) in [5.74, 6) is 0.656. The van der Waals surface area contributed by atoms with Gasteiger partial charge in [-0.25, -0.2) is 4.79 Å². The summed E-state index contributed by atoms with van der Waals surface area (Å²) in [4.78, 5) is 16.1. The molecule has 1 aliphatic rings. The number of hydrogen-bond donors (Lipinski definition) is 1. The minimum Gasteiger partial charge on any atom is -0.495 e. The molecule has 6 heteroatoms. The van der Waals surface area contributed by atoms with Crippen LogP contribution in [0.15, 0.2) is 60.1 Å². The first-order valence-electron chi connectivity index (χ1n) is 8.17. The molecule has 2 amide bonds. The molecule has 0 bridgehead atoms. The molecule has 1 atom stereocenters. The van der Waals surface area contributed by atoms with Crippen LogP contribution in [-0.2, 0) is 6.54 Å². The van der Waals surface area contributed by atoms with Crippen molar-refractivity contribution in [2.75, 3.05) is 19.0 Å². The molecule has 0 aliphatic carbocycles. The number of fused-ring (bicyclic) bond motifs is 1. The van der Waals surface area contributed by atoms with Crippen LogP contribution in [0.2, 0.25) is 0 Å². The fourth-order valence-corrected chi connectivity index (χ4v) is 4.13. The predicted molar refractivity (Wildman–Crippen MR) is 99.3 cm³/mol. The lowest BCUT2D eigenvalue weighted by Crippen LogP contribution is -2.44. The Morgan fingerprint density at radius 1 is 1.16 bits per heavy atom. The minimum absolute atomic E-state index is 0.0709. The fourth-order valence-electron chi connectivity index (χ4n) is 3.28. The SMILES string of the molecule is COc1ccccc1NC(=O)N1CCn2cccc2[C@H]1c1cccs1. The summed E-state index contributed by atoms with van der Waals surface area (Å²) >= 11 is 1.67. The highest BCUT2D eigenvalue weighted by Crippen LogP contribution is 2.35. The van der Waals surface area contributed by atoms with Gasteiger partial charge in [0.05, 0.1) is 12.8 Å². The molecule has 1 N–H and O–H groups in total. The Labute approximate surface area is 150 Å². The van der Waals surface area contributed by atoms with Gasteiger partial charge in [0.15, 0.2) is 0 Å². The summed E-state index contributed by atoms with van der Waals surface area (Å²) in [6.07, 6.45) is 2.07. The molecule has 0 saturated heterocycles. The van der Waals surface area contributed by atoms with Gasteiger partial charge in [-0.1, -0.05) is 18.2 Å². The van der Waals surface area contributed by atoms with Gasteiger partial charge in [-0.3, -0.25) is 0 Å². The third kappa shape index (κ3) is 2.89. The predicted octanol–water partition coefficient (Wildman–Crippen LogP) is 4.20. The van der Waals surface area contributed by atoms with Crippen molar-refractivity contribution < 1.29 is 9.53 Å². The lowest BCUT2D eigenvalue weighted by atomic mass is 10.1. The number of nitrogens with zero attached hydrogens (tertiary/aromatic N) is 2. The Bertz CT molecular complexity index is 872. The zero-order valence-electron chi connectivity index (χ0n) is 13.9. The van der Waals surface area contributed by atoms with Crippen molar-refractivity contribution in [1.82, 2.24) is 9.47 Å². The van der Waals surface area contributed by atoms with Crippen LogP contribution in [0, 0.1) is 0 Å². The number of ether oxygens (including phenoxy) is 1. The molecule has 4 rings (SSSR count). The summed E-state index contributed by atoms with van der Waals surface area (Å²) < 4.78 is 7.56. The highest BCUT2D eigenvalue weighted by Gasteiger charge is 2.33. The molecule has 3 heterocycles. The van der Waals surface area contributed by atoms with Crippen LogP contribution in [0.5, 0.6) is 5.75 Å². The van der Waals surface area contributed by atoms with Crippen LogP contribution in [0.3, 0.4) is 0 Å². The summed E-state index contributed by atoms with van der Waals surface area (Å²) in [7, 11) is 1.60. The molecule has 2 aromatic heterocycles. The first-order valence-corrected chi connectivity index (χ1v) is 9.05. The Morgan fingerprint density at radius 3 is 2.84 bits per heavy atom. The third-order valence-electron chi connectivity index (χ3n) is 4.46. The molecule has 25 heavy (non-hydrogen) atoms. The van der Waals surface area contributed by atoms with E-state index >= 15 is 0 Å². The van der Waals surface area contributed by atoms with E-state index in [1.807, 2.05) is 46.7 Å². The normalized spacial score (nSPS) is 16.4. The van der Waals surface area contributed by atoms with Crippen molar-refractivity contribution in [3.8, 4) is 5.75 Å². The first kappa shape index (κ1) is 15.8. The number of aromatic nitrogens is 1. The number of methoxy groups -OCH3 is 1. The van der Waals surface area contributed by atoms with Crippen molar-refractivity contribution in [2.24, 2.45) is 0 Å². The van der Waals surface area contributed by atoms with Crippen molar-refractivity contribution in [1.29, 1.82) is 0 Å². The van der Waals surface area contributed by atoms with Crippen LogP contribution >= 0.6 is 11.3 Å². The summed E-state index contributed by atoms with van der Waals surface area (Å²) in [6.45, 7) is 1.45. The van der Waals surface area contributed by atoms with Gasteiger partial charge in [0.1, 0.15) is 11.8 Å². The monoisotopic (exact) mass is 353 g/mol. The maximum absolute atomic E-state index is 13.0. The number of benzene rings is 1. The van der Waals surface area contributed by atoms with Crippen LogP contribution in [0.25, 0.3) is 0 Å². The van der Waals surface area contributed by atoms with Gasteiger partial charge in [0.25, 0.3) is 0 Å². The molecule has 1 aliphatic heterocycles. The highest BCUT2D eigenvalue weighted by molar-refractivity contribution is 7.10. The van der Waals surface area contributed by atoms with Gasteiger partial charge in [0.2, 0.25) is 0 Å². The van der Waals surface area contributed by atoms with Crippen molar-refractivity contribution in [3.05, 3.63) is 70.7 Å². The average molecular weight is 353 g/mol. The number of amides is 2. The highest BCUT2D eigenvalue weighted by atomic mass is 32.1. The number of para-hydroxylation sites is 2. The van der Waals surface area contributed by atoms with Crippen LogP contribution in [-0.4, -0.2) is 29.2 Å². The summed E-state index contributed by atoms with van der Waals surface area (Å²) in [6, 6.07) is 15.5. The average Bonchev–Trinajstić information content (AvgIpc) is 3.32. The number of carbonyl (C=O) groups excluding carboxylic acids is 1. The second kappa shape index (κ2) is 6.64. The fraction of sp³-hybridized carbons (Fsp3) is 0.211. The Kier molecular flexibility index (Phi) is 4.19. The molecular weight excluding hydrogens is 334 g/mol. The van der Waals surface area contributed by atoms with Gasteiger partial charge < -0.3 is 19.5 Å². The lowest BCUT2D eigenvalue weighted by Gasteiger charge is -2.36. The zero-order valence-corrected chi connectivity index (χ0v) is 14.7. The van der Waals surface area contributed by atoms with E-state index in [0.29, 0.717) is 18.0 Å². The van der Waals surface area contributed by atoms with Gasteiger partial charge in [-0.05, 0) is 35.7 Å².